The molecule has 0 N–H and O–H groups in total. The number of aromatic nitrogens is 3. The molecule has 2 aromatic heterocycles. The minimum Gasteiger partial charge on any atom is -0.228 e. The number of hydrogen-bond acceptors (Lipinski definition) is 2. The molecule has 0 saturated heterocycles. The second-order valence-corrected chi connectivity index (χ2v) is 8.24. The van der Waals surface area contributed by atoms with Gasteiger partial charge in [0, 0.05) is 21.2 Å². The molecule has 0 amide bonds. The van der Waals surface area contributed by atoms with Gasteiger partial charge in [-0.05, 0) is 36.4 Å². The smallest absolute Gasteiger partial charge is 0.228 e. The average molecular weight is 484 g/mol. The molecule has 0 aliphatic rings. The van der Waals surface area contributed by atoms with Crippen molar-refractivity contribution >= 4 is 34.2 Å². The van der Waals surface area contributed by atoms with Gasteiger partial charge in [0.05, 0.1) is 22.3 Å². The van der Waals surface area contributed by atoms with E-state index in [0.717, 1.165) is 6.07 Å². The molecule has 0 unspecified atom stereocenters. The van der Waals surface area contributed by atoms with E-state index in [1.165, 1.54) is 4.68 Å². The van der Waals surface area contributed by atoms with Crippen molar-refractivity contribution in [1.29, 1.82) is 0 Å². The van der Waals surface area contributed by atoms with Crippen LogP contribution >= 0.6 is 23.2 Å². The normalized spacial score (nSPS) is 11.8. The van der Waals surface area contributed by atoms with Gasteiger partial charge in [-0.15, -0.1) is 0 Å². The highest BCUT2D eigenvalue weighted by molar-refractivity contribution is 6.31. The van der Waals surface area contributed by atoms with Crippen molar-refractivity contribution in [3.8, 4) is 28.2 Å². The SMILES string of the molecule is FC(F)(F)c1cc(-c2ccccc2)nc2c1c(-c1ccc(Cl)cc1)nn2-c1cccc(Cl)c1. The molecule has 0 fully saturated rings. The molecule has 164 valence electrons. The lowest BCUT2D eigenvalue weighted by Gasteiger charge is -2.12. The van der Waals surface area contributed by atoms with Gasteiger partial charge in [0.1, 0.15) is 5.69 Å². The molecular formula is C25H14Cl2F3N3. The second-order valence-electron chi connectivity index (χ2n) is 7.36. The molecule has 0 saturated carbocycles. The van der Waals surface area contributed by atoms with E-state index in [9.17, 15) is 13.2 Å². The third kappa shape index (κ3) is 4.08. The van der Waals surface area contributed by atoms with Crippen LogP contribution in [0.2, 0.25) is 10.0 Å². The Labute approximate surface area is 197 Å². The summed E-state index contributed by atoms with van der Waals surface area (Å²) in [5.74, 6) is 0. The van der Waals surface area contributed by atoms with Gasteiger partial charge < -0.3 is 0 Å². The van der Waals surface area contributed by atoms with E-state index in [0.29, 0.717) is 26.9 Å². The molecule has 0 atom stereocenters. The van der Waals surface area contributed by atoms with Crippen LogP contribution in [0.1, 0.15) is 5.56 Å². The molecule has 3 nitrogen and oxygen atoms in total. The topological polar surface area (TPSA) is 30.7 Å². The van der Waals surface area contributed by atoms with Crippen molar-refractivity contribution in [2.45, 2.75) is 6.18 Å². The lowest BCUT2D eigenvalue weighted by atomic mass is 10.0. The van der Waals surface area contributed by atoms with Crippen LogP contribution in [0.15, 0.2) is 84.9 Å². The fourth-order valence-electron chi connectivity index (χ4n) is 3.69. The maximum Gasteiger partial charge on any atom is 0.417 e. The van der Waals surface area contributed by atoms with Crippen molar-refractivity contribution in [3.63, 3.8) is 0 Å². The van der Waals surface area contributed by atoms with E-state index >= 15 is 0 Å². The summed E-state index contributed by atoms with van der Waals surface area (Å²) in [6.45, 7) is 0. The molecule has 0 aliphatic carbocycles. The lowest BCUT2D eigenvalue weighted by Crippen LogP contribution is -2.08. The van der Waals surface area contributed by atoms with Gasteiger partial charge in [0.2, 0.25) is 0 Å². The average Bonchev–Trinajstić information content (AvgIpc) is 3.18. The standard InChI is InChI=1S/C25H14Cl2F3N3/c26-17-11-9-16(10-12-17)23-22-20(25(28,29)30)14-21(15-5-2-1-3-6-15)31-24(22)33(32-23)19-8-4-7-18(27)13-19/h1-14H. The molecule has 0 aliphatic heterocycles. The van der Waals surface area contributed by atoms with Crippen molar-refractivity contribution in [3.05, 3.63) is 101 Å². The molecule has 0 radical (unpaired) electrons. The van der Waals surface area contributed by atoms with E-state index < -0.39 is 11.7 Å². The second kappa shape index (κ2) is 8.21. The first-order chi connectivity index (χ1) is 15.8. The molecular weight excluding hydrogens is 470 g/mol. The van der Waals surface area contributed by atoms with Gasteiger partial charge in [-0.1, -0.05) is 71.7 Å². The first-order valence-electron chi connectivity index (χ1n) is 9.89. The fourth-order valence-corrected chi connectivity index (χ4v) is 4.00. The van der Waals surface area contributed by atoms with Crippen LogP contribution in [0.25, 0.3) is 39.2 Å². The third-order valence-corrected chi connectivity index (χ3v) is 5.67. The van der Waals surface area contributed by atoms with Crippen LogP contribution in [0, 0.1) is 0 Å². The fraction of sp³-hybridized carbons (Fsp3) is 0.0400. The predicted octanol–water partition coefficient (Wildman–Crippen LogP) is 8.08. The Morgan fingerprint density at radius 1 is 0.727 bits per heavy atom. The minimum atomic E-state index is -4.63. The summed E-state index contributed by atoms with van der Waals surface area (Å²) in [5, 5.41) is 5.37. The molecule has 8 heteroatoms. The summed E-state index contributed by atoms with van der Waals surface area (Å²) < 4.78 is 44.4. The summed E-state index contributed by atoms with van der Waals surface area (Å²) in [4.78, 5) is 4.62. The zero-order chi connectivity index (χ0) is 23.2. The first-order valence-corrected chi connectivity index (χ1v) is 10.6. The lowest BCUT2D eigenvalue weighted by molar-refractivity contribution is -0.136. The predicted molar refractivity (Wildman–Crippen MR) is 125 cm³/mol. The van der Waals surface area contributed by atoms with Gasteiger partial charge in [-0.2, -0.15) is 18.3 Å². The quantitative estimate of drug-likeness (QED) is 0.259. The van der Waals surface area contributed by atoms with Gasteiger partial charge in [-0.25, -0.2) is 9.67 Å². The van der Waals surface area contributed by atoms with E-state index in [1.54, 1.807) is 78.9 Å². The van der Waals surface area contributed by atoms with E-state index in [-0.39, 0.29) is 22.4 Å². The van der Waals surface area contributed by atoms with Crippen LogP contribution in [-0.4, -0.2) is 14.8 Å². The largest absolute Gasteiger partial charge is 0.417 e. The highest BCUT2D eigenvalue weighted by Gasteiger charge is 2.36. The Bertz CT molecular complexity index is 1460. The number of nitrogens with zero attached hydrogens (tertiary/aromatic N) is 3. The van der Waals surface area contributed by atoms with Crippen LogP contribution in [0.5, 0.6) is 0 Å². The zero-order valence-corrected chi connectivity index (χ0v) is 18.3. The van der Waals surface area contributed by atoms with Crippen LogP contribution in [-0.2, 0) is 6.18 Å². The Balaban J connectivity index is 1.91. The molecule has 3 aromatic carbocycles. The number of alkyl halides is 3. The number of pyridine rings is 1. The third-order valence-electron chi connectivity index (χ3n) is 5.18. The summed E-state index contributed by atoms with van der Waals surface area (Å²) in [5.41, 5.74) is 1.17. The van der Waals surface area contributed by atoms with Crippen molar-refractivity contribution in [1.82, 2.24) is 14.8 Å². The van der Waals surface area contributed by atoms with E-state index in [4.69, 9.17) is 23.2 Å². The van der Waals surface area contributed by atoms with Crippen molar-refractivity contribution < 1.29 is 13.2 Å². The van der Waals surface area contributed by atoms with Crippen molar-refractivity contribution in [2.75, 3.05) is 0 Å². The monoisotopic (exact) mass is 483 g/mol. The number of rotatable bonds is 3. The molecule has 0 spiro atoms. The number of halogens is 5. The van der Waals surface area contributed by atoms with Crippen LogP contribution in [0.3, 0.4) is 0 Å². The number of benzene rings is 3. The Kier molecular flexibility index (Phi) is 5.35. The maximum absolute atomic E-state index is 14.3. The summed E-state index contributed by atoms with van der Waals surface area (Å²) in [7, 11) is 0. The Hall–Kier alpha value is -3.35. The Morgan fingerprint density at radius 3 is 2.12 bits per heavy atom. The maximum atomic E-state index is 14.3. The molecule has 33 heavy (non-hydrogen) atoms. The number of hydrogen-bond donors (Lipinski definition) is 0. The van der Waals surface area contributed by atoms with E-state index in [2.05, 4.69) is 10.1 Å². The van der Waals surface area contributed by atoms with Gasteiger partial charge in [0.15, 0.2) is 5.65 Å². The van der Waals surface area contributed by atoms with Crippen molar-refractivity contribution in [2.24, 2.45) is 0 Å². The van der Waals surface area contributed by atoms with Gasteiger partial charge in [-0.3, -0.25) is 0 Å². The summed E-state index contributed by atoms with van der Waals surface area (Å²) >= 11 is 12.2. The number of fused-ring (bicyclic) bond motifs is 1. The van der Waals surface area contributed by atoms with Gasteiger partial charge >= 0.3 is 6.18 Å². The molecule has 5 aromatic rings. The highest BCUT2D eigenvalue weighted by Crippen LogP contribution is 2.41. The molecule has 2 heterocycles. The first kappa shape index (κ1) is 21.5. The van der Waals surface area contributed by atoms with E-state index in [1.807, 2.05) is 0 Å². The zero-order valence-electron chi connectivity index (χ0n) is 16.8. The highest BCUT2D eigenvalue weighted by atomic mass is 35.5. The molecule has 5 rings (SSSR count). The summed E-state index contributed by atoms with van der Waals surface area (Å²) in [6, 6.07) is 23.0. The van der Waals surface area contributed by atoms with Crippen LogP contribution < -0.4 is 0 Å². The summed E-state index contributed by atoms with van der Waals surface area (Å²) in [6.07, 6.45) is -4.63. The van der Waals surface area contributed by atoms with Gasteiger partial charge in [0.25, 0.3) is 0 Å². The Morgan fingerprint density at radius 2 is 1.45 bits per heavy atom. The molecule has 0 bridgehead atoms. The van der Waals surface area contributed by atoms with Crippen LogP contribution in [0.4, 0.5) is 13.2 Å². The minimum absolute atomic E-state index is 0.0795.